The molecule has 33 heavy (non-hydrogen) atoms. The van der Waals surface area contributed by atoms with Gasteiger partial charge < -0.3 is 0 Å². The summed E-state index contributed by atoms with van der Waals surface area (Å²) in [6.45, 7) is 0. The number of methoxy groups -OCH3 is 2. The zero-order chi connectivity index (χ0) is 23.8. The zero-order valence-electron chi connectivity index (χ0n) is 17.6. The zero-order valence-corrected chi connectivity index (χ0v) is 22.1. The second kappa shape index (κ2) is 9.73. The third-order valence-electron chi connectivity index (χ3n) is 4.96. The Morgan fingerprint density at radius 3 is 2.64 bits per heavy atom. The average molecular weight is 624 g/mol. The second-order valence-corrected chi connectivity index (χ2v) is 15.2. The molecule has 0 aromatic heterocycles. The van der Waals surface area contributed by atoms with Crippen LogP contribution in [0.4, 0.5) is 0 Å². The van der Waals surface area contributed by atoms with Crippen LogP contribution in [0.25, 0.3) is 0 Å². The number of esters is 1. The van der Waals surface area contributed by atoms with Crippen LogP contribution in [-0.4, -0.2) is 37.0 Å². The molecule has 0 radical (unpaired) electrons. The van der Waals surface area contributed by atoms with Crippen LogP contribution in [0.15, 0.2) is 62.9 Å². The maximum absolute atomic E-state index is 13.1. The van der Waals surface area contributed by atoms with Crippen molar-refractivity contribution in [2.75, 3.05) is 18.6 Å². The van der Waals surface area contributed by atoms with Crippen molar-refractivity contribution in [1.82, 2.24) is 4.72 Å². The molecule has 1 N–H and O–H groups in total. The van der Waals surface area contributed by atoms with E-state index in [0.29, 0.717) is 33.5 Å². The monoisotopic (exact) mass is 623 g/mol. The molecule has 1 saturated heterocycles. The Balaban J connectivity index is 1.64. The molecule has 1 unspecified atom stereocenters. The summed E-state index contributed by atoms with van der Waals surface area (Å²) < 4.78 is 48.4. The molecule has 0 saturated carbocycles. The molecule has 2 aliphatic rings. The first kappa shape index (κ1) is 24.2. The van der Waals surface area contributed by atoms with Gasteiger partial charge in [-0.25, -0.2) is 0 Å². The van der Waals surface area contributed by atoms with Gasteiger partial charge in [-0.1, -0.05) is 0 Å². The number of hydrogen-bond donors (Lipinski definition) is 1. The van der Waals surface area contributed by atoms with Gasteiger partial charge in [0.2, 0.25) is 0 Å². The summed E-state index contributed by atoms with van der Waals surface area (Å²) in [5.41, 5.74) is 1.22. The Labute approximate surface area is 209 Å². The standard InChI is InChI=1S/C22H20Cl2INO6S/c1-30-19-9-13(10-21(27)31-2)3-5-17(19)32-18-7-8-25-12-16(25)22(18)26-33(28,29)20-6-4-14(23)11-15(20)24/h3-9,11,16,26H,10,12H2,1-2H3. The van der Waals surface area contributed by atoms with E-state index in [1.807, 2.05) is 6.08 Å². The molecular weight excluding hydrogens is 604 g/mol. The molecule has 0 amide bonds. The van der Waals surface area contributed by atoms with Crippen LogP contribution in [0.5, 0.6) is 11.5 Å². The van der Waals surface area contributed by atoms with Crippen LogP contribution in [0.1, 0.15) is 5.56 Å². The van der Waals surface area contributed by atoms with E-state index in [1.165, 1.54) is 32.4 Å². The van der Waals surface area contributed by atoms with Crippen LogP contribution in [0.3, 0.4) is 0 Å². The fourth-order valence-electron chi connectivity index (χ4n) is 3.22. The van der Waals surface area contributed by atoms with Crippen LogP contribution in [0.2, 0.25) is 10.0 Å². The predicted molar refractivity (Wildman–Crippen MR) is 135 cm³/mol. The van der Waals surface area contributed by atoms with Crippen molar-refractivity contribution >= 4 is 59.0 Å². The summed E-state index contributed by atoms with van der Waals surface area (Å²) in [5, 5.41) is 0.389. The van der Waals surface area contributed by atoms with Gasteiger partial charge in [0.25, 0.3) is 0 Å². The SMILES string of the molecule is COC(=O)Cc1ccc(OC2=C(NS(=O)(=O)c3ccc(Cl)cc3Cl)C3CI3C=C2)c(OC)c1. The third kappa shape index (κ3) is 5.42. The van der Waals surface area contributed by atoms with E-state index < -0.39 is 29.8 Å². The number of halogens is 3. The molecule has 0 bridgehead atoms. The molecule has 1 atom stereocenters. The summed E-state index contributed by atoms with van der Waals surface area (Å²) in [5.74, 6) is 0.845. The first-order valence-electron chi connectivity index (χ1n) is 9.66. The molecule has 1 fully saturated rings. The van der Waals surface area contributed by atoms with Crippen LogP contribution >= 0.6 is 43.0 Å². The number of fused-ring (bicyclic) bond motifs is 1. The normalized spacial score (nSPS) is 17.9. The van der Waals surface area contributed by atoms with Gasteiger partial charge in [0.05, 0.1) is 0 Å². The summed E-state index contributed by atoms with van der Waals surface area (Å²) in [4.78, 5) is 11.5. The number of nitrogens with one attached hydrogen (secondary N) is 1. The molecule has 2 aliphatic heterocycles. The molecule has 176 valence electrons. The third-order valence-corrected chi connectivity index (χ3v) is 12.1. The van der Waals surface area contributed by atoms with E-state index in [0.717, 1.165) is 4.43 Å². The Hall–Kier alpha value is -1.95. The molecule has 4 rings (SSSR count). The average Bonchev–Trinajstić information content (AvgIpc) is 3.56. The molecular formula is C22H20Cl2INO6S. The summed E-state index contributed by atoms with van der Waals surface area (Å²) in [7, 11) is -1.13. The topological polar surface area (TPSA) is 90.9 Å². The van der Waals surface area contributed by atoms with Crippen LogP contribution in [-0.2, 0) is 26.0 Å². The Kier molecular flexibility index (Phi) is 7.13. The van der Waals surface area contributed by atoms with Crippen LogP contribution in [0, 0.1) is 0 Å². The van der Waals surface area contributed by atoms with Crippen molar-refractivity contribution in [2.24, 2.45) is 0 Å². The number of benzene rings is 2. The van der Waals surface area contributed by atoms with Gasteiger partial charge in [0.15, 0.2) is 0 Å². The first-order valence-corrected chi connectivity index (χ1v) is 15.9. The Bertz CT molecular complexity index is 1280. The summed E-state index contributed by atoms with van der Waals surface area (Å²) in [6, 6.07) is 9.34. The number of alkyl halides is 2. The maximum atomic E-state index is 13.1. The summed E-state index contributed by atoms with van der Waals surface area (Å²) >= 11 is 10.7. The van der Waals surface area contributed by atoms with Crippen molar-refractivity contribution < 1.29 is 27.4 Å². The molecule has 11 heteroatoms. The van der Waals surface area contributed by atoms with E-state index in [2.05, 4.69) is 8.80 Å². The fourth-order valence-corrected chi connectivity index (χ4v) is 10.6. The van der Waals surface area contributed by atoms with E-state index >= 15 is 0 Å². The number of carbonyl (C=O) groups is 1. The van der Waals surface area contributed by atoms with Crippen molar-refractivity contribution in [3.8, 4) is 11.5 Å². The number of ether oxygens (including phenoxy) is 3. The summed E-state index contributed by atoms with van der Waals surface area (Å²) in [6.07, 6.45) is 1.91. The van der Waals surface area contributed by atoms with Gasteiger partial charge in [0, 0.05) is 0 Å². The number of hydrogen-bond acceptors (Lipinski definition) is 6. The Morgan fingerprint density at radius 2 is 1.94 bits per heavy atom. The van der Waals surface area contributed by atoms with Crippen LogP contribution < -0.4 is 14.2 Å². The van der Waals surface area contributed by atoms with Gasteiger partial charge >= 0.3 is 210 Å². The molecule has 2 aromatic rings. The van der Waals surface area contributed by atoms with E-state index in [-0.39, 0.29) is 26.2 Å². The molecule has 7 nitrogen and oxygen atoms in total. The van der Waals surface area contributed by atoms with Crippen molar-refractivity contribution in [3.05, 3.63) is 73.6 Å². The van der Waals surface area contributed by atoms with E-state index in [9.17, 15) is 13.2 Å². The van der Waals surface area contributed by atoms with Gasteiger partial charge in [0.1, 0.15) is 0 Å². The molecule has 0 spiro atoms. The van der Waals surface area contributed by atoms with E-state index in [1.54, 1.807) is 18.2 Å². The van der Waals surface area contributed by atoms with Gasteiger partial charge in [-0.15, -0.1) is 0 Å². The second-order valence-electron chi connectivity index (χ2n) is 7.15. The number of sulfonamides is 1. The first-order chi connectivity index (χ1) is 15.7. The van der Waals surface area contributed by atoms with Gasteiger partial charge in [-0.3, -0.25) is 0 Å². The number of rotatable bonds is 8. The molecule has 2 aromatic carbocycles. The van der Waals surface area contributed by atoms with Gasteiger partial charge in [-0.2, -0.15) is 0 Å². The minimum atomic E-state index is -3.95. The minimum absolute atomic E-state index is 0.0402. The molecule has 0 aliphatic carbocycles. The van der Waals surface area contributed by atoms with E-state index in [4.69, 9.17) is 37.4 Å². The number of allylic oxidation sites excluding steroid dienone is 2. The Morgan fingerprint density at radius 1 is 1.15 bits per heavy atom. The van der Waals surface area contributed by atoms with Gasteiger partial charge in [-0.05, 0) is 0 Å². The number of carbonyl (C=O) groups excluding carboxylic acids is 1. The van der Waals surface area contributed by atoms with Crippen molar-refractivity contribution in [3.63, 3.8) is 0 Å². The molecule has 2 heterocycles. The predicted octanol–water partition coefficient (Wildman–Crippen LogP) is 4.70. The fraction of sp³-hybridized carbons (Fsp3) is 0.227. The van der Waals surface area contributed by atoms with Crippen molar-refractivity contribution in [1.29, 1.82) is 0 Å². The quantitative estimate of drug-likeness (QED) is 0.260. The van der Waals surface area contributed by atoms with Crippen molar-refractivity contribution in [2.45, 2.75) is 15.2 Å².